The van der Waals surface area contributed by atoms with Crippen LogP contribution in [0.3, 0.4) is 0 Å². The van der Waals surface area contributed by atoms with Crippen LogP contribution in [0.1, 0.15) is 5.69 Å². The van der Waals surface area contributed by atoms with Gasteiger partial charge in [-0.05, 0) is 18.2 Å². The number of aromatic nitrogens is 1. The van der Waals surface area contributed by atoms with Crippen LogP contribution in [-0.4, -0.2) is 4.57 Å². The lowest BCUT2D eigenvalue weighted by atomic mass is 10.3. The first kappa shape index (κ1) is 14.1. The fourth-order valence-electron chi connectivity index (χ4n) is 1.40. The normalized spacial score (nSPS) is 13.1. The van der Waals surface area contributed by atoms with Crippen LogP contribution in [0.25, 0.3) is 0 Å². The third-order valence-corrected chi connectivity index (χ3v) is 3.49. The molecule has 2 rings (SSSR count). The van der Waals surface area contributed by atoms with Crippen molar-refractivity contribution in [2.45, 2.75) is 6.18 Å². The molecule has 8 heteroatoms. The minimum atomic E-state index is -4.46. The highest BCUT2D eigenvalue weighted by Gasteiger charge is 2.34. The number of benzene rings is 1. The summed E-state index contributed by atoms with van der Waals surface area (Å²) in [6, 6.07) is 3.78. The van der Waals surface area contributed by atoms with Gasteiger partial charge in [0.25, 0.3) is 0 Å². The molecule has 1 aromatic carbocycles. The number of hydrogen-bond donors (Lipinski definition) is 0. The number of hydrogen-bond acceptors (Lipinski definition) is 2. The fraction of sp³-hybridized carbons (Fsp3) is 0.182. The van der Waals surface area contributed by atoms with E-state index in [0.29, 0.717) is 0 Å². The summed E-state index contributed by atoms with van der Waals surface area (Å²) in [7, 11) is 1.23. The van der Waals surface area contributed by atoms with Crippen molar-refractivity contribution >= 4 is 28.6 Å². The molecule has 2 nitrogen and oxygen atoms in total. The van der Waals surface area contributed by atoms with Crippen molar-refractivity contribution in [3.63, 3.8) is 0 Å². The van der Waals surface area contributed by atoms with Crippen LogP contribution < -0.4 is 4.80 Å². The van der Waals surface area contributed by atoms with E-state index in [9.17, 15) is 17.6 Å². The predicted molar refractivity (Wildman–Crippen MR) is 64.9 cm³/mol. The monoisotopic (exact) mass is 310 g/mol. The molecule has 0 aliphatic carbocycles. The molecule has 0 bridgehead atoms. The van der Waals surface area contributed by atoms with Crippen molar-refractivity contribution in [3.8, 4) is 0 Å². The van der Waals surface area contributed by atoms with Gasteiger partial charge < -0.3 is 4.57 Å². The Balaban J connectivity index is 2.53. The second-order valence-electron chi connectivity index (χ2n) is 3.67. The third kappa shape index (κ3) is 2.98. The van der Waals surface area contributed by atoms with Gasteiger partial charge in [0.2, 0.25) is 0 Å². The fourth-order valence-corrected chi connectivity index (χ4v) is 2.48. The topological polar surface area (TPSA) is 17.3 Å². The van der Waals surface area contributed by atoms with Crippen LogP contribution in [0.5, 0.6) is 0 Å². The van der Waals surface area contributed by atoms with E-state index in [1.165, 1.54) is 19.2 Å². The van der Waals surface area contributed by atoms with Crippen LogP contribution in [0.4, 0.5) is 23.2 Å². The molecule has 0 N–H and O–H groups in total. The standard InChI is InChI=1S/C11H7ClF4N2S/c1-18-9(11(14,15)16)5-19-10(18)17-8-3-2-6(12)4-7(8)13/h2-5H,1H3. The van der Waals surface area contributed by atoms with Gasteiger partial charge in [0.05, 0.1) is 0 Å². The number of thiazole rings is 1. The summed E-state index contributed by atoms with van der Waals surface area (Å²) < 4.78 is 52.1. The zero-order valence-corrected chi connectivity index (χ0v) is 11.1. The molecule has 0 aliphatic rings. The first-order chi connectivity index (χ1) is 8.79. The van der Waals surface area contributed by atoms with E-state index in [0.717, 1.165) is 27.4 Å². The maximum absolute atomic E-state index is 13.5. The molecule has 0 atom stereocenters. The summed E-state index contributed by atoms with van der Waals surface area (Å²) >= 11 is 6.37. The van der Waals surface area contributed by atoms with E-state index in [1.807, 2.05) is 0 Å². The van der Waals surface area contributed by atoms with E-state index in [2.05, 4.69) is 4.99 Å². The SMILES string of the molecule is Cn1c(C(F)(F)F)csc1=Nc1ccc(Cl)cc1F. The highest BCUT2D eigenvalue weighted by Crippen LogP contribution is 2.29. The van der Waals surface area contributed by atoms with E-state index in [1.54, 1.807) is 0 Å². The molecule has 0 radical (unpaired) electrons. The molecule has 0 saturated carbocycles. The van der Waals surface area contributed by atoms with Crippen molar-refractivity contribution in [1.29, 1.82) is 0 Å². The molecule has 0 saturated heterocycles. The van der Waals surface area contributed by atoms with Crippen molar-refractivity contribution < 1.29 is 17.6 Å². The maximum atomic E-state index is 13.5. The minimum Gasteiger partial charge on any atom is -0.316 e. The highest BCUT2D eigenvalue weighted by atomic mass is 35.5. The van der Waals surface area contributed by atoms with Crippen LogP contribution in [0.2, 0.25) is 5.02 Å². The Morgan fingerprint density at radius 3 is 2.53 bits per heavy atom. The molecule has 19 heavy (non-hydrogen) atoms. The van der Waals surface area contributed by atoms with E-state index in [-0.39, 0.29) is 15.5 Å². The lowest BCUT2D eigenvalue weighted by Gasteiger charge is -2.06. The highest BCUT2D eigenvalue weighted by molar-refractivity contribution is 7.07. The molecule has 0 aliphatic heterocycles. The maximum Gasteiger partial charge on any atom is 0.432 e. The Morgan fingerprint density at radius 1 is 1.32 bits per heavy atom. The lowest BCUT2D eigenvalue weighted by Crippen LogP contribution is -2.18. The smallest absolute Gasteiger partial charge is 0.316 e. The Morgan fingerprint density at radius 2 is 2.00 bits per heavy atom. The molecular weight excluding hydrogens is 304 g/mol. The Bertz CT molecular complexity index is 672. The van der Waals surface area contributed by atoms with Crippen LogP contribution in [0, 0.1) is 5.82 Å². The zero-order chi connectivity index (χ0) is 14.2. The molecule has 102 valence electrons. The Kier molecular flexibility index (Phi) is 3.69. The number of halogens is 5. The number of nitrogens with zero attached hydrogens (tertiary/aromatic N) is 2. The summed E-state index contributed by atoms with van der Waals surface area (Å²) in [5.41, 5.74) is -0.888. The third-order valence-electron chi connectivity index (χ3n) is 2.34. The van der Waals surface area contributed by atoms with Crippen LogP contribution in [0.15, 0.2) is 28.6 Å². The van der Waals surface area contributed by atoms with Crippen LogP contribution >= 0.6 is 22.9 Å². The summed E-state index contributed by atoms with van der Waals surface area (Å²) in [5, 5.41) is 1.13. The summed E-state index contributed by atoms with van der Waals surface area (Å²) in [4.78, 5) is 3.91. The van der Waals surface area contributed by atoms with Gasteiger partial charge in [0, 0.05) is 17.5 Å². The second kappa shape index (κ2) is 4.97. The average molecular weight is 311 g/mol. The largest absolute Gasteiger partial charge is 0.432 e. The first-order valence-corrected chi connectivity index (χ1v) is 6.26. The molecule has 0 amide bonds. The van der Waals surface area contributed by atoms with E-state index >= 15 is 0 Å². The molecule has 0 fully saturated rings. The van der Waals surface area contributed by atoms with Gasteiger partial charge in [-0.1, -0.05) is 11.6 Å². The minimum absolute atomic E-state index is 0.0496. The lowest BCUT2D eigenvalue weighted by molar-refractivity contribution is -0.143. The summed E-state index contributed by atoms with van der Waals surface area (Å²) in [6.07, 6.45) is -4.46. The van der Waals surface area contributed by atoms with Crippen molar-refractivity contribution in [3.05, 3.63) is 44.9 Å². The van der Waals surface area contributed by atoms with Gasteiger partial charge in [-0.2, -0.15) is 13.2 Å². The molecular formula is C11H7ClF4N2S. The zero-order valence-electron chi connectivity index (χ0n) is 9.50. The predicted octanol–water partition coefficient (Wildman–Crippen LogP) is 4.13. The summed E-state index contributed by atoms with van der Waals surface area (Å²) in [6.45, 7) is 0. The van der Waals surface area contributed by atoms with Crippen molar-refractivity contribution in [2.75, 3.05) is 0 Å². The summed E-state index contributed by atoms with van der Waals surface area (Å²) in [5.74, 6) is -0.686. The molecule has 1 heterocycles. The van der Waals surface area contributed by atoms with Crippen LogP contribution in [-0.2, 0) is 13.2 Å². The van der Waals surface area contributed by atoms with Gasteiger partial charge in [-0.15, -0.1) is 11.3 Å². The second-order valence-corrected chi connectivity index (χ2v) is 4.94. The Hall–Kier alpha value is -1.34. The molecule has 0 spiro atoms. The molecule has 2 aromatic rings. The average Bonchev–Trinajstić information content (AvgIpc) is 2.64. The number of alkyl halides is 3. The molecule has 0 unspecified atom stereocenters. The van der Waals surface area contributed by atoms with E-state index < -0.39 is 17.7 Å². The quantitative estimate of drug-likeness (QED) is 0.705. The number of rotatable bonds is 1. The Labute approximate surface area is 114 Å². The first-order valence-electron chi connectivity index (χ1n) is 5.00. The van der Waals surface area contributed by atoms with Gasteiger partial charge in [-0.3, -0.25) is 0 Å². The molecule has 1 aromatic heterocycles. The van der Waals surface area contributed by atoms with Crippen molar-refractivity contribution in [1.82, 2.24) is 4.57 Å². The van der Waals surface area contributed by atoms with E-state index in [4.69, 9.17) is 11.6 Å². The van der Waals surface area contributed by atoms with Gasteiger partial charge in [-0.25, -0.2) is 9.38 Å². The van der Waals surface area contributed by atoms with Gasteiger partial charge >= 0.3 is 6.18 Å². The van der Waals surface area contributed by atoms with Gasteiger partial charge in [0.1, 0.15) is 17.2 Å². The van der Waals surface area contributed by atoms with Gasteiger partial charge in [0.15, 0.2) is 4.80 Å². The van der Waals surface area contributed by atoms with Crippen molar-refractivity contribution in [2.24, 2.45) is 12.0 Å².